The van der Waals surface area contributed by atoms with Gasteiger partial charge in [-0.3, -0.25) is 5.43 Å². The Bertz CT molecular complexity index is 898. The van der Waals surface area contributed by atoms with Crippen molar-refractivity contribution in [3.8, 4) is 0 Å². The number of ether oxygens (including phenoxy) is 2. The van der Waals surface area contributed by atoms with Gasteiger partial charge in [0, 0.05) is 12.5 Å². The van der Waals surface area contributed by atoms with Crippen LogP contribution in [-0.4, -0.2) is 38.0 Å². The third-order valence-corrected chi connectivity index (χ3v) is 8.07. The van der Waals surface area contributed by atoms with Gasteiger partial charge in [0.25, 0.3) is 0 Å². The molecule has 0 radical (unpaired) electrons. The summed E-state index contributed by atoms with van der Waals surface area (Å²) in [6.45, 7) is 1.72. The molecule has 3 unspecified atom stereocenters. The molecule has 0 amide bonds. The Morgan fingerprint density at radius 2 is 2.04 bits per heavy atom. The average Bonchev–Trinajstić information content (AvgIpc) is 3.38. The molecule has 2 aliphatic heterocycles. The largest absolute Gasteiger partial charge is 0.451 e. The fourth-order valence-electron chi connectivity index (χ4n) is 3.56. The van der Waals surface area contributed by atoms with Crippen molar-refractivity contribution in [2.45, 2.75) is 60.8 Å². The first-order valence-electron chi connectivity index (χ1n) is 9.13. The molecule has 3 aliphatic rings. The van der Waals surface area contributed by atoms with Crippen molar-refractivity contribution in [3.63, 3.8) is 0 Å². The molecular formula is C18H21F3N2O4S. The Labute approximate surface area is 161 Å². The highest BCUT2D eigenvalue weighted by Gasteiger charge is 2.49. The van der Waals surface area contributed by atoms with Gasteiger partial charge in [-0.15, -0.1) is 5.10 Å². The second-order valence-corrected chi connectivity index (χ2v) is 10.2. The van der Waals surface area contributed by atoms with E-state index in [0.29, 0.717) is 17.9 Å². The van der Waals surface area contributed by atoms with Crippen LogP contribution in [0.5, 0.6) is 0 Å². The molecule has 1 aromatic carbocycles. The number of rotatable bonds is 4. The predicted molar refractivity (Wildman–Crippen MR) is 94.2 cm³/mol. The summed E-state index contributed by atoms with van der Waals surface area (Å²) < 4.78 is 75.7. The standard InChI is InChI=1S/C18H21F3N2O4S/c1-17(28(24,25)13-4-2-3-12(9-13)18(19,20)21)7-8-26-14(10-17)16-23-22-15(27-16)11-5-6-11/h2-4,9,11,14,16,23H,5-8,10H2,1H3. The van der Waals surface area contributed by atoms with Crippen LogP contribution in [0.1, 0.15) is 38.2 Å². The summed E-state index contributed by atoms with van der Waals surface area (Å²) in [6, 6.07) is 3.89. The lowest BCUT2D eigenvalue weighted by Crippen LogP contribution is -2.50. The first-order chi connectivity index (χ1) is 13.1. The van der Waals surface area contributed by atoms with Gasteiger partial charge >= 0.3 is 6.18 Å². The van der Waals surface area contributed by atoms with Gasteiger partial charge in [-0.25, -0.2) is 8.42 Å². The monoisotopic (exact) mass is 418 g/mol. The summed E-state index contributed by atoms with van der Waals surface area (Å²) in [5.41, 5.74) is 1.87. The third-order valence-electron chi connectivity index (χ3n) is 5.53. The molecule has 0 spiro atoms. The molecule has 28 heavy (non-hydrogen) atoms. The highest BCUT2D eigenvalue weighted by Crippen LogP contribution is 2.40. The van der Waals surface area contributed by atoms with Crippen LogP contribution in [0, 0.1) is 5.92 Å². The Kier molecular flexibility index (Phi) is 4.61. The van der Waals surface area contributed by atoms with E-state index in [1.165, 1.54) is 6.07 Å². The van der Waals surface area contributed by atoms with Crippen LogP contribution in [0.3, 0.4) is 0 Å². The molecule has 10 heteroatoms. The molecule has 154 valence electrons. The lowest BCUT2D eigenvalue weighted by molar-refractivity contribution is -0.137. The van der Waals surface area contributed by atoms with Crippen molar-refractivity contribution in [2.24, 2.45) is 11.0 Å². The Morgan fingerprint density at radius 1 is 1.29 bits per heavy atom. The minimum atomic E-state index is -4.61. The summed E-state index contributed by atoms with van der Waals surface area (Å²) in [4.78, 5) is -0.333. The van der Waals surface area contributed by atoms with E-state index in [1.807, 2.05) is 0 Å². The van der Waals surface area contributed by atoms with Gasteiger partial charge in [0.15, 0.2) is 9.84 Å². The highest BCUT2D eigenvalue weighted by atomic mass is 32.2. The number of sulfone groups is 1. The highest BCUT2D eigenvalue weighted by molar-refractivity contribution is 7.92. The van der Waals surface area contributed by atoms with E-state index in [-0.39, 0.29) is 24.3 Å². The third kappa shape index (κ3) is 3.47. The number of hydrogen-bond donors (Lipinski definition) is 1. The fourth-order valence-corrected chi connectivity index (χ4v) is 5.41. The van der Waals surface area contributed by atoms with Crippen LogP contribution in [0.2, 0.25) is 0 Å². The number of nitrogens with zero attached hydrogens (tertiary/aromatic N) is 1. The smallest absolute Gasteiger partial charge is 0.416 e. The van der Waals surface area contributed by atoms with E-state index in [4.69, 9.17) is 9.47 Å². The Hall–Kier alpha value is -1.81. The van der Waals surface area contributed by atoms with Crippen molar-refractivity contribution in [1.29, 1.82) is 0 Å². The van der Waals surface area contributed by atoms with Gasteiger partial charge in [-0.2, -0.15) is 13.2 Å². The molecule has 1 saturated heterocycles. The van der Waals surface area contributed by atoms with Crippen LogP contribution < -0.4 is 5.43 Å². The van der Waals surface area contributed by atoms with E-state index in [2.05, 4.69) is 10.5 Å². The SMILES string of the molecule is CC1(S(=O)(=O)c2cccc(C(F)(F)F)c2)CCOC(C2NN=C(C3CC3)O2)C1. The molecule has 0 aromatic heterocycles. The Morgan fingerprint density at radius 3 is 2.71 bits per heavy atom. The number of nitrogens with one attached hydrogen (secondary N) is 1. The number of benzene rings is 1. The maximum Gasteiger partial charge on any atom is 0.416 e. The molecule has 4 rings (SSSR count). The summed E-state index contributed by atoms with van der Waals surface area (Å²) >= 11 is 0. The van der Waals surface area contributed by atoms with Crippen molar-refractivity contribution in [1.82, 2.24) is 5.43 Å². The van der Waals surface area contributed by atoms with Gasteiger partial charge in [-0.05, 0) is 50.8 Å². The summed E-state index contributed by atoms with van der Waals surface area (Å²) in [7, 11) is -4.03. The molecular weight excluding hydrogens is 397 g/mol. The molecule has 1 saturated carbocycles. The molecule has 1 N–H and O–H groups in total. The van der Waals surface area contributed by atoms with Crippen LogP contribution in [0.4, 0.5) is 13.2 Å². The second kappa shape index (κ2) is 6.62. The fraction of sp³-hybridized carbons (Fsp3) is 0.611. The lowest BCUT2D eigenvalue weighted by atomic mass is 9.95. The quantitative estimate of drug-likeness (QED) is 0.813. The first kappa shape index (κ1) is 19.5. The number of halogens is 3. The number of hydrogen-bond acceptors (Lipinski definition) is 6. The molecule has 3 atom stereocenters. The topological polar surface area (TPSA) is 77.0 Å². The number of hydrazone groups is 1. The lowest BCUT2D eigenvalue weighted by Gasteiger charge is -2.39. The molecule has 2 heterocycles. The van der Waals surface area contributed by atoms with E-state index >= 15 is 0 Å². The molecule has 0 bridgehead atoms. The van der Waals surface area contributed by atoms with Crippen molar-refractivity contribution < 1.29 is 31.1 Å². The first-order valence-corrected chi connectivity index (χ1v) is 10.6. The van der Waals surface area contributed by atoms with Crippen molar-refractivity contribution in [3.05, 3.63) is 29.8 Å². The van der Waals surface area contributed by atoms with Crippen LogP contribution in [0.15, 0.2) is 34.3 Å². The van der Waals surface area contributed by atoms with Crippen molar-refractivity contribution >= 4 is 15.7 Å². The predicted octanol–water partition coefficient (Wildman–Crippen LogP) is 3.09. The van der Waals surface area contributed by atoms with E-state index in [0.717, 1.165) is 25.0 Å². The summed E-state index contributed by atoms with van der Waals surface area (Å²) in [5.74, 6) is 0.919. The van der Waals surface area contributed by atoms with Crippen LogP contribution in [-0.2, 0) is 25.5 Å². The van der Waals surface area contributed by atoms with Gasteiger partial charge in [0.1, 0.15) is 6.10 Å². The minimum Gasteiger partial charge on any atom is -0.451 e. The van der Waals surface area contributed by atoms with Gasteiger partial charge in [0.2, 0.25) is 12.1 Å². The van der Waals surface area contributed by atoms with Gasteiger partial charge in [-0.1, -0.05) is 6.07 Å². The number of alkyl halides is 3. The summed E-state index contributed by atoms with van der Waals surface area (Å²) in [5, 5.41) is 4.15. The molecule has 1 aliphatic carbocycles. The van der Waals surface area contributed by atoms with E-state index < -0.39 is 38.7 Å². The zero-order valence-corrected chi connectivity index (χ0v) is 16.0. The maximum absolute atomic E-state index is 13.2. The molecule has 6 nitrogen and oxygen atoms in total. The van der Waals surface area contributed by atoms with Crippen molar-refractivity contribution in [2.75, 3.05) is 6.61 Å². The second-order valence-electron chi connectivity index (χ2n) is 7.73. The van der Waals surface area contributed by atoms with Gasteiger partial charge < -0.3 is 9.47 Å². The van der Waals surface area contributed by atoms with E-state index in [1.54, 1.807) is 6.92 Å². The maximum atomic E-state index is 13.2. The minimum absolute atomic E-state index is 0.0940. The van der Waals surface area contributed by atoms with E-state index in [9.17, 15) is 21.6 Å². The zero-order valence-electron chi connectivity index (χ0n) is 15.2. The molecule has 1 aromatic rings. The zero-order chi connectivity index (χ0) is 20.2. The molecule has 2 fully saturated rings. The van der Waals surface area contributed by atoms with Gasteiger partial charge in [0.05, 0.1) is 15.2 Å². The normalized spacial score (nSPS) is 31.1. The Balaban J connectivity index is 1.55. The summed E-state index contributed by atoms with van der Waals surface area (Å²) in [6.07, 6.45) is -3.46. The van der Waals surface area contributed by atoms with Crippen LogP contribution in [0.25, 0.3) is 0 Å². The average molecular weight is 418 g/mol. The van der Waals surface area contributed by atoms with Crippen LogP contribution >= 0.6 is 0 Å².